The van der Waals surface area contributed by atoms with Crippen molar-refractivity contribution in [3.8, 4) is 0 Å². The molecule has 0 aliphatic rings. The predicted molar refractivity (Wildman–Crippen MR) is 83.2 cm³/mol. The number of aromatic nitrogens is 3. The summed E-state index contributed by atoms with van der Waals surface area (Å²) in [6.45, 7) is 6.48. The van der Waals surface area contributed by atoms with E-state index in [-0.39, 0.29) is 4.90 Å². The molecule has 0 amide bonds. The van der Waals surface area contributed by atoms with Gasteiger partial charge in [0, 0.05) is 11.4 Å². The largest absolute Gasteiger partial charge is 0.354 e. The maximum Gasteiger partial charge on any atom is 0.266 e. The molecular weight excluding hydrogens is 310 g/mol. The van der Waals surface area contributed by atoms with Gasteiger partial charge in [0.2, 0.25) is 5.95 Å². The van der Waals surface area contributed by atoms with Crippen molar-refractivity contribution in [3.63, 3.8) is 0 Å². The minimum atomic E-state index is -3.71. The topological polar surface area (TPSA) is 96.9 Å². The van der Waals surface area contributed by atoms with E-state index in [9.17, 15) is 8.42 Å². The van der Waals surface area contributed by atoms with Crippen LogP contribution in [-0.2, 0) is 10.0 Å². The third-order valence-electron chi connectivity index (χ3n) is 2.72. The quantitative estimate of drug-likeness (QED) is 0.844. The number of thiazole rings is 1. The van der Waals surface area contributed by atoms with Crippen LogP contribution in [-0.4, -0.2) is 29.9 Å². The SMILES string of the molecule is CCCNc1ncc(S(=O)(=O)Nc2nc(C)c(C)s2)cn1. The molecule has 2 N–H and O–H groups in total. The first-order valence-corrected chi connectivity index (χ1v) is 8.75. The Labute approximate surface area is 127 Å². The van der Waals surface area contributed by atoms with Crippen LogP contribution >= 0.6 is 11.3 Å². The summed E-state index contributed by atoms with van der Waals surface area (Å²) in [5.41, 5.74) is 0.813. The fourth-order valence-electron chi connectivity index (χ4n) is 1.47. The zero-order valence-corrected chi connectivity index (χ0v) is 13.7. The second-order valence-corrected chi connectivity index (χ2v) is 7.32. The molecule has 9 heteroatoms. The molecule has 0 spiro atoms. The van der Waals surface area contributed by atoms with E-state index < -0.39 is 10.0 Å². The van der Waals surface area contributed by atoms with Gasteiger partial charge in [-0.05, 0) is 20.3 Å². The summed E-state index contributed by atoms with van der Waals surface area (Å²) in [7, 11) is -3.71. The van der Waals surface area contributed by atoms with E-state index in [1.54, 1.807) is 0 Å². The number of aryl methyl sites for hydroxylation is 2. The van der Waals surface area contributed by atoms with Crippen LogP contribution in [0.4, 0.5) is 11.1 Å². The van der Waals surface area contributed by atoms with Gasteiger partial charge in [-0.1, -0.05) is 6.92 Å². The van der Waals surface area contributed by atoms with E-state index in [1.165, 1.54) is 23.7 Å². The third-order valence-corrected chi connectivity index (χ3v) is 5.13. The number of rotatable bonds is 6. The molecule has 0 aliphatic carbocycles. The van der Waals surface area contributed by atoms with Gasteiger partial charge >= 0.3 is 0 Å². The predicted octanol–water partition coefficient (Wildman–Crippen LogP) is 2.17. The van der Waals surface area contributed by atoms with Crippen LogP contribution in [0.1, 0.15) is 23.9 Å². The Morgan fingerprint density at radius 1 is 1.24 bits per heavy atom. The number of sulfonamides is 1. The van der Waals surface area contributed by atoms with Crippen LogP contribution < -0.4 is 10.0 Å². The number of anilines is 2. The lowest BCUT2D eigenvalue weighted by molar-refractivity contribution is 0.600. The molecule has 0 atom stereocenters. The average Bonchev–Trinajstić information content (AvgIpc) is 2.74. The van der Waals surface area contributed by atoms with Gasteiger partial charge in [0.1, 0.15) is 4.90 Å². The van der Waals surface area contributed by atoms with Gasteiger partial charge in [-0.3, -0.25) is 4.72 Å². The van der Waals surface area contributed by atoms with E-state index in [4.69, 9.17) is 0 Å². The van der Waals surface area contributed by atoms with Gasteiger partial charge in [-0.25, -0.2) is 23.4 Å². The molecule has 2 rings (SSSR count). The van der Waals surface area contributed by atoms with Crippen molar-refractivity contribution in [2.75, 3.05) is 16.6 Å². The van der Waals surface area contributed by atoms with Crippen molar-refractivity contribution < 1.29 is 8.42 Å². The summed E-state index contributed by atoms with van der Waals surface area (Å²) in [6, 6.07) is 0. The minimum Gasteiger partial charge on any atom is -0.354 e. The summed E-state index contributed by atoms with van der Waals surface area (Å²) in [5.74, 6) is 0.414. The van der Waals surface area contributed by atoms with Gasteiger partial charge in [0.15, 0.2) is 5.13 Å². The van der Waals surface area contributed by atoms with E-state index in [0.29, 0.717) is 11.1 Å². The van der Waals surface area contributed by atoms with Crippen molar-refractivity contribution in [1.82, 2.24) is 15.0 Å². The molecule has 0 bridgehead atoms. The lowest BCUT2D eigenvalue weighted by Crippen LogP contribution is -2.14. The lowest BCUT2D eigenvalue weighted by Gasteiger charge is -2.06. The molecule has 2 aromatic heterocycles. The molecule has 0 saturated carbocycles. The molecule has 0 saturated heterocycles. The Kier molecular flexibility index (Phi) is 4.73. The maximum atomic E-state index is 12.2. The van der Waals surface area contributed by atoms with Crippen LogP contribution in [0.25, 0.3) is 0 Å². The molecule has 0 unspecified atom stereocenters. The third kappa shape index (κ3) is 3.88. The Morgan fingerprint density at radius 2 is 1.90 bits per heavy atom. The first kappa shape index (κ1) is 15.6. The summed E-state index contributed by atoms with van der Waals surface area (Å²) < 4.78 is 26.8. The van der Waals surface area contributed by atoms with Crippen LogP contribution in [0.2, 0.25) is 0 Å². The number of nitrogens with one attached hydrogen (secondary N) is 2. The Hall–Kier alpha value is -1.74. The molecule has 0 fully saturated rings. The molecule has 2 aromatic rings. The first-order chi connectivity index (χ1) is 9.92. The lowest BCUT2D eigenvalue weighted by atomic mass is 10.4. The van der Waals surface area contributed by atoms with Crippen LogP contribution in [0, 0.1) is 13.8 Å². The molecule has 0 aliphatic heterocycles. The highest BCUT2D eigenvalue weighted by atomic mass is 32.2. The summed E-state index contributed by atoms with van der Waals surface area (Å²) in [4.78, 5) is 13.1. The van der Waals surface area contributed by atoms with E-state index in [0.717, 1.165) is 23.5 Å². The monoisotopic (exact) mass is 327 g/mol. The van der Waals surface area contributed by atoms with Crippen molar-refractivity contribution in [1.29, 1.82) is 0 Å². The van der Waals surface area contributed by atoms with Gasteiger partial charge < -0.3 is 5.32 Å². The number of hydrogen-bond acceptors (Lipinski definition) is 7. The molecular formula is C12H17N5O2S2. The highest BCUT2D eigenvalue weighted by Crippen LogP contribution is 2.23. The molecule has 7 nitrogen and oxygen atoms in total. The van der Waals surface area contributed by atoms with Gasteiger partial charge in [-0.15, -0.1) is 11.3 Å². The Balaban J connectivity index is 2.15. The fraction of sp³-hybridized carbons (Fsp3) is 0.417. The molecule has 0 radical (unpaired) electrons. The van der Waals surface area contributed by atoms with Crippen molar-refractivity contribution in [2.24, 2.45) is 0 Å². The smallest absolute Gasteiger partial charge is 0.266 e. The molecule has 0 aromatic carbocycles. The summed E-state index contributed by atoms with van der Waals surface area (Å²) >= 11 is 1.30. The van der Waals surface area contributed by atoms with Gasteiger partial charge in [-0.2, -0.15) is 0 Å². The van der Waals surface area contributed by atoms with E-state index in [1.807, 2.05) is 20.8 Å². The van der Waals surface area contributed by atoms with Crippen molar-refractivity contribution >= 4 is 32.4 Å². The van der Waals surface area contributed by atoms with Gasteiger partial charge in [0.25, 0.3) is 10.0 Å². The zero-order chi connectivity index (χ0) is 15.5. The van der Waals surface area contributed by atoms with Crippen molar-refractivity contribution in [2.45, 2.75) is 32.1 Å². The normalized spacial score (nSPS) is 11.4. The molecule has 21 heavy (non-hydrogen) atoms. The highest BCUT2D eigenvalue weighted by molar-refractivity contribution is 7.93. The van der Waals surface area contributed by atoms with E-state index >= 15 is 0 Å². The highest BCUT2D eigenvalue weighted by Gasteiger charge is 2.17. The molecule has 2 heterocycles. The summed E-state index contributed by atoms with van der Waals surface area (Å²) in [5, 5.41) is 3.33. The average molecular weight is 327 g/mol. The van der Waals surface area contributed by atoms with Crippen LogP contribution in [0.3, 0.4) is 0 Å². The standard InChI is InChI=1S/C12H17N5O2S2/c1-4-5-13-11-14-6-10(7-15-11)21(18,19)17-12-16-8(2)9(3)20-12/h6-7H,4-5H2,1-3H3,(H,16,17)(H,13,14,15). The minimum absolute atomic E-state index is 0.00931. The Morgan fingerprint density at radius 3 is 2.43 bits per heavy atom. The fourth-order valence-corrected chi connectivity index (χ4v) is 3.41. The first-order valence-electron chi connectivity index (χ1n) is 6.45. The second kappa shape index (κ2) is 6.35. The Bertz CT molecular complexity index is 690. The second-order valence-electron chi connectivity index (χ2n) is 4.44. The molecule has 114 valence electrons. The van der Waals surface area contributed by atoms with Crippen LogP contribution in [0.15, 0.2) is 17.3 Å². The summed E-state index contributed by atoms with van der Waals surface area (Å²) in [6.07, 6.45) is 3.50. The van der Waals surface area contributed by atoms with Crippen LogP contribution in [0.5, 0.6) is 0 Å². The van der Waals surface area contributed by atoms with E-state index in [2.05, 4.69) is 25.0 Å². The zero-order valence-electron chi connectivity index (χ0n) is 12.0. The van der Waals surface area contributed by atoms with Crippen molar-refractivity contribution in [3.05, 3.63) is 23.0 Å². The number of nitrogens with zero attached hydrogens (tertiary/aromatic N) is 3. The van der Waals surface area contributed by atoms with Gasteiger partial charge in [0.05, 0.1) is 18.1 Å². The number of hydrogen-bond donors (Lipinski definition) is 2. The maximum absolute atomic E-state index is 12.2.